The summed E-state index contributed by atoms with van der Waals surface area (Å²) in [6, 6.07) is 8.41. The van der Waals surface area contributed by atoms with Gasteiger partial charge in [-0.15, -0.1) is 0 Å². The Morgan fingerprint density at radius 2 is 2.00 bits per heavy atom. The molecule has 1 aromatic carbocycles. The van der Waals surface area contributed by atoms with Crippen molar-refractivity contribution in [2.45, 2.75) is 39.8 Å². The highest BCUT2D eigenvalue weighted by molar-refractivity contribution is 7.92. The standard InChI is InChI=1S/C19H25N3O3S/c1-5-17(19(23)21-13-16-7-6-10-20-12-16)22(26(4,24)25)18-11-14(2)8-9-15(18)3/h6-12,17H,5,13H2,1-4H3,(H,21,23). The Bertz CT molecular complexity index is 867. The molecule has 0 aliphatic heterocycles. The summed E-state index contributed by atoms with van der Waals surface area (Å²) in [5.41, 5.74) is 3.13. The molecule has 0 aliphatic carbocycles. The van der Waals surface area contributed by atoms with Gasteiger partial charge in [-0.1, -0.05) is 25.1 Å². The number of nitrogens with one attached hydrogen (secondary N) is 1. The molecular weight excluding hydrogens is 350 g/mol. The number of benzene rings is 1. The van der Waals surface area contributed by atoms with E-state index in [9.17, 15) is 13.2 Å². The summed E-state index contributed by atoms with van der Waals surface area (Å²) in [5.74, 6) is -0.331. The lowest BCUT2D eigenvalue weighted by Gasteiger charge is -2.31. The quantitative estimate of drug-likeness (QED) is 0.807. The van der Waals surface area contributed by atoms with Gasteiger partial charge < -0.3 is 5.32 Å². The normalized spacial score (nSPS) is 12.5. The minimum atomic E-state index is -3.64. The van der Waals surface area contributed by atoms with Crippen LogP contribution in [0.15, 0.2) is 42.7 Å². The zero-order valence-corrected chi connectivity index (χ0v) is 16.4. The number of aromatic nitrogens is 1. The zero-order chi connectivity index (χ0) is 19.3. The molecule has 1 atom stereocenters. The van der Waals surface area contributed by atoms with E-state index in [1.165, 1.54) is 4.31 Å². The number of carbonyl (C=O) groups is 1. The van der Waals surface area contributed by atoms with E-state index in [-0.39, 0.29) is 5.91 Å². The maximum Gasteiger partial charge on any atom is 0.244 e. The topological polar surface area (TPSA) is 79.4 Å². The van der Waals surface area contributed by atoms with E-state index in [2.05, 4.69) is 10.3 Å². The maximum absolute atomic E-state index is 12.8. The summed E-state index contributed by atoms with van der Waals surface area (Å²) in [7, 11) is -3.64. The minimum Gasteiger partial charge on any atom is -0.350 e. The average Bonchev–Trinajstić information content (AvgIpc) is 2.59. The van der Waals surface area contributed by atoms with E-state index in [4.69, 9.17) is 0 Å². The van der Waals surface area contributed by atoms with Crippen molar-refractivity contribution in [3.05, 3.63) is 59.4 Å². The molecule has 1 aromatic heterocycles. The molecule has 2 aromatic rings. The minimum absolute atomic E-state index is 0.299. The highest BCUT2D eigenvalue weighted by Crippen LogP contribution is 2.27. The van der Waals surface area contributed by atoms with E-state index in [0.29, 0.717) is 18.7 Å². The lowest BCUT2D eigenvalue weighted by atomic mass is 10.1. The first kappa shape index (κ1) is 19.9. The molecule has 6 nitrogen and oxygen atoms in total. The molecule has 0 radical (unpaired) electrons. The second-order valence-corrected chi connectivity index (χ2v) is 8.21. The second-order valence-electron chi connectivity index (χ2n) is 6.35. The Morgan fingerprint density at radius 3 is 2.58 bits per heavy atom. The molecule has 1 heterocycles. The molecule has 0 aliphatic rings. The molecular formula is C19H25N3O3S. The van der Waals surface area contributed by atoms with Crippen LogP contribution in [0.1, 0.15) is 30.0 Å². The maximum atomic E-state index is 12.8. The molecule has 26 heavy (non-hydrogen) atoms. The lowest BCUT2D eigenvalue weighted by molar-refractivity contribution is -0.122. The van der Waals surface area contributed by atoms with E-state index in [1.807, 2.05) is 32.0 Å². The first-order valence-electron chi connectivity index (χ1n) is 8.47. The monoisotopic (exact) mass is 375 g/mol. The van der Waals surface area contributed by atoms with Crippen LogP contribution in [-0.2, 0) is 21.4 Å². The predicted molar refractivity (Wildman–Crippen MR) is 103 cm³/mol. The van der Waals surface area contributed by atoms with Gasteiger partial charge in [0.1, 0.15) is 6.04 Å². The van der Waals surface area contributed by atoms with E-state index < -0.39 is 16.1 Å². The van der Waals surface area contributed by atoms with Gasteiger partial charge in [0.15, 0.2) is 0 Å². The summed E-state index contributed by atoms with van der Waals surface area (Å²) in [6.07, 6.45) is 4.82. The Kier molecular flexibility index (Phi) is 6.37. The molecule has 0 saturated carbocycles. The molecule has 1 N–H and O–H groups in total. The Balaban J connectivity index is 2.32. The third kappa shape index (κ3) is 4.82. The van der Waals surface area contributed by atoms with Crippen LogP contribution in [0.2, 0.25) is 0 Å². The van der Waals surface area contributed by atoms with Crippen molar-refractivity contribution >= 4 is 21.6 Å². The first-order chi connectivity index (χ1) is 12.2. The van der Waals surface area contributed by atoms with Gasteiger partial charge in [-0.3, -0.25) is 14.1 Å². The lowest BCUT2D eigenvalue weighted by Crippen LogP contribution is -2.49. The van der Waals surface area contributed by atoms with Crippen LogP contribution < -0.4 is 9.62 Å². The number of anilines is 1. The van der Waals surface area contributed by atoms with E-state index >= 15 is 0 Å². The van der Waals surface area contributed by atoms with Crippen LogP contribution in [-0.4, -0.2) is 31.6 Å². The van der Waals surface area contributed by atoms with Crippen LogP contribution in [0, 0.1) is 13.8 Å². The number of amides is 1. The molecule has 0 bridgehead atoms. The number of carbonyl (C=O) groups excluding carboxylic acids is 1. The molecule has 2 rings (SSSR count). The number of aryl methyl sites for hydroxylation is 2. The highest BCUT2D eigenvalue weighted by Gasteiger charge is 2.32. The van der Waals surface area contributed by atoms with Gasteiger partial charge in [0.2, 0.25) is 15.9 Å². The van der Waals surface area contributed by atoms with Crippen LogP contribution >= 0.6 is 0 Å². The van der Waals surface area contributed by atoms with Crippen molar-refractivity contribution in [3.63, 3.8) is 0 Å². The van der Waals surface area contributed by atoms with Crippen molar-refractivity contribution in [1.82, 2.24) is 10.3 Å². The van der Waals surface area contributed by atoms with E-state index in [1.54, 1.807) is 31.5 Å². The Morgan fingerprint density at radius 1 is 1.27 bits per heavy atom. The number of rotatable bonds is 7. The largest absolute Gasteiger partial charge is 0.350 e. The van der Waals surface area contributed by atoms with E-state index in [0.717, 1.165) is 22.9 Å². The van der Waals surface area contributed by atoms with Gasteiger partial charge in [-0.2, -0.15) is 0 Å². The van der Waals surface area contributed by atoms with Crippen molar-refractivity contribution in [1.29, 1.82) is 0 Å². The van der Waals surface area contributed by atoms with Gasteiger partial charge in [0.25, 0.3) is 0 Å². The SMILES string of the molecule is CCC(C(=O)NCc1cccnc1)N(c1cc(C)ccc1C)S(C)(=O)=O. The van der Waals surface area contributed by atoms with Crippen molar-refractivity contribution in [2.75, 3.05) is 10.6 Å². The number of hydrogen-bond donors (Lipinski definition) is 1. The third-order valence-electron chi connectivity index (χ3n) is 4.12. The predicted octanol–water partition coefficient (Wildman–Crippen LogP) is 2.56. The molecule has 7 heteroatoms. The summed E-state index contributed by atoms with van der Waals surface area (Å²) in [4.78, 5) is 16.8. The second kappa shape index (κ2) is 8.31. The highest BCUT2D eigenvalue weighted by atomic mass is 32.2. The molecule has 0 fully saturated rings. The van der Waals surface area contributed by atoms with Crippen molar-refractivity contribution in [2.24, 2.45) is 0 Å². The Hall–Kier alpha value is -2.41. The molecule has 1 unspecified atom stereocenters. The van der Waals surface area contributed by atoms with Crippen LogP contribution in [0.4, 0.5) is 5.69 Å². The molecule has 0 saturated heterocycles. The number of nitrogens with zero attached hydrogens (tertiary/aromatic N) is 2. The van der Waals surface area contributed by atoms with Crippen molar-refractivity contribution in [3.8, 4) is 0 Å². The van der Waals surface area contributed by atoms with Crippen molar-refractivity contribution < 1.29 is 13.2 Å². The summed E-state index contributed by atoms with van der Waals surface area (Å²) in [5, 5.41) is 2.82. The van der Waals surface area contributed by atoms with Gasteiger partial charge >= 0.3 is 0 Å². The Labute approximate surface area is 155 Å². The number of hydrogen-bond acceptors (Lipinski definition) is 4. The molecule has 1 amide bonds. The van der Waals surface area contributed by atoms with Gasteiger partial charge in [-0.05, 0) is 49.1 Å². The number of sulfonamides is 1. The third-order valence-corrected chi connectivity index (χ3v) is 5.29. The van der Waals surface area contributed by atoms with Gasteiger partial charge in [-0.25, -0.2) is 8.42 Å². The summed E-state index contributed by atoms with van der Waals surface area (Å²) < 4.78 is 26.3. The fourth-order valence-corrected chi connectivity index (χ4v) is 4.06. The number of pyridine rings is 1. The summed E-state index contributed by atoms with van der Waals surface area (Å²) >= 11 is 0. The van der Waals surface area contributed by atoms with Crippen LogP contribution in [0.5, 0.6) is 0 Å². The van der Waals surface area contributed by atoms with Gasteiger partial charge in [0.05, 0.1) is 11.9 Å². The van der Waals surface area contributed by atoms with Gasteiger partial charge in [0, 0.05) is 18.9 Å². The fraction of sp³-hybridized carbons (Fsp3) is 0.368. The molecule has 140 valence electrons. The zero-order valence-electron chi connectivity index (χ0n) is 15.6. The van der Waals surface area contributed by atoms with Crippen LogP contribution in [0.3, 0.4) is 0 Å². The summed E-state index contributed by atoms with van der Waals surface area (Å²) in [6.45, 7) is 5.84. The fourth-order valence-electron chi connectivity index (χ4n) is 2.80. The van der Waals surface area contributed by atoms with Crippen LogP contribution in [0.25, 0.3) is 0 Å². The first-order valence-corrected chi connectivity index (χ1v) is 10.3. The average molecular weight is 375 g/mol. The smallest absolute Gasteiger partial charge is 0.244 e. The molecule has 0 spiro atoms.